The molecular formula is C18H33NO2. The van der Waals surface area contributed by atoms with Crippen LogP contribution in [0.5, 0.6) is 0 Å². The quantitative estimate of drug-likeness (QED) is 0.818. The summed E-state index contributed by atoms with van der Waals surface area (Å²) in [6, 6.07) is 0.851. The monoisotopic (exact) mass is 295 g/mol. The van der Waals surface area contributed by atoms with Gasteiger partial charge < -0.3 is 5.11 Å². The van der Waals surface area contributed by atoms with Crippen LogP contribution in [-0.2, 0) is 4.79 Å². The van der Waals surface area contributed by atoms with E-state index in [1.807, 2.05) is 0 Å². The molecule has 3 heteroatoms. The van der Waals surface area contributed by atoms with E-state index in [4.69, 9.17) is 0 Å². The summed E-state index contributed by atoms with van der Waals surface area (Å²) in [7, 11) is 0. The van der Waals surface area contributed by atoms with E-state index in [0.29, 0.717) is 6.04 Å². The molecule has 1 aliphatic carbocycles. The smallest absolute Gasteiger partial charge is 0.308 e. The molecule has 122 valence electrons. The third-order valence-corrected chi connectivity index (χ3v) is 5.66. The molecule has 0 spiro atoms. The SMILES string of the molecule is CC1C(C(=O)O)CCN1C1CCCCCCCCCCC1. The van der Waals surface area contributed by atoms with E-state index in [1.54, 1.807) is 0 Å². The van der Waals surface area contributed by atoms with E-state index >= 15 is 0 Å². The molecule has 1 N–H and O–H groups in total. The first-order chi connectivity index (χ1) is 10.2. The summed E-state index contributed by atoms with van der Waals surface area (Å²) in [5.41, 5.74) is 0. The second-order valence-electron chi connectivity index (χ2n) is 7.12. The van der Waals surface area contributed by atoms with Gasteiger partial charge >= 0.3 is 5.97 Å². The average molecular weight is 295 g/mol. The summed E-state index contributed by atoms with van der Waals surface area (Å²) in [4.78, 5) is 13.8. The maximum Gasteiger partial charge on any atom is 0.308 e. The predicted molar refractivity (Wildman–Crippen MR) is 86.5 cm³/mol. The summed E-state index contributed by atoms with van der Waals surface area (Å²) in [6.07, 6.45) is 15.8. The van der Waals surface area contributed by atoms with Crippen molar-refractivity contribution in [1.82, 2.24) is 4.90 Å². The highest BCUT2D eigenvalue weighted by Gasteiger charge is 2.38. The van der Waals surface area contributed by atoms with Crippen LogP contribution in [0.4, 0.5) is 0 Å². The maximum absolute atomic E-state index is 11.3. The summed E-state index contributed by atoms with van der Waals surface area (Å²) in [6.45, 7) is 3.12. The van der Waals surface area contributed by atoms with Gasteiger partial charge in [0, 0.05) is 12.1 Å². The fraction of sp³-hybridized carbons (Fsp3) is 0.944. The summed E-state index contributed by atoms with van der Waals surface area (Å²) in [5.74, 6) is -0.746. The molecule has 2 rings (SSSR count). The zero-order chi connectivity index (χ0) is 15.1. The number of rotatable bonds is 2. The summed E-state index contributed by atoms with van der Waals surface area (Å²) in [5, 5.41) is 9.32. The Morgan fingerprint density at radius 3 is 1.76 bits per heavy atom. The highest BCUT2D eigenvalue weighted by molar-refractivity contribution is 5.71. The van der Waals surface area contributed by atoms with Crippen LogP contribution in [0.3, 0.4) is 0 Å². The fourth-order valence-corrected chi connectivity index (χ4v) is 4.28. The topological polar surface area (TPSA) is 40.5 Å². The minimum atomic E-state index is -0.599. The molecule has 0 amide bonds. The van der Waals surface area contributed by atoms with Crippen LogP contribution < -0.4 is 0 Å². The van der Waals surface area contributed by atoms with E-state index < -0.39 is 5.97 Å². The first-order valence-corrected chi connectivity index (χ1v) is 9.18. The van der Waals surface area contributed by atoms with Crippen LogP contribution in [0.25, 0.3) is 0 Å². The first kappa shape index (κ1) is 16.8. The highest BCUT2D eigenvalue weighted by atomic mass is 16.4. The summed E-state index contributed by atoms with van der Waals surface area (Å²) < 4.78 is 0. The van der Waals surface area contributed by atoms with E-state index in [1.165, 1.54) is 70.6 Å². The van der Waals surface area contributed by atoms with Crippen LogP contribution in [0.1, 0.15) is 84.0 Å². The summed E-state index contributed by atoms with van der Waals surface area (Å²) >= 11 is 0. The van der Waals surface area contributed by atoms with E-state index in [9.17, 15) is 9.90 Å². The lowest BCUT2D eigenvalue weighted by Crippen LogP contribution is -2.40. The van der Waals surface area contributed by atoms with Crippen molar-refractivity contribution in [2.45, 2.75) is 96.1 Å². The average Bonchev–Trinajstić information content (AvgIpc) is 2.81. The molecule has 1 saturated carbocycles. The number of hydrogen-bond acceptors (Lipinski definition) is 2. The van der Waals surface area contributed by atoms with Crippen molar-refractivity contribution >= 4 is 5.97 Å². The Morgan fingerprint density at radius 1 is 0.857 bits per heavy atom. The van der Waals surface area contributed by atoms with E-state index in [2.05, 4.69) is 11.8 Å². The predicted octanol–water partition coefficient (Wildman–Crippen LogP) is 4.45. The first-order valence-electron chi connectivity index (χ1n) is 9.18. The molecule has 2 atom stereocenters. The molecule has 0 radical (unpaired) electrons. The standard InChI is InChI=1S/C18H33NO2/c1-15-17(18(20)21)13-14-19(15)16-11-9-7-5-3-2-4-6-8-10-12-16/h15-17H,2-14H2,1H3,(H,20,21). The Bertz CT molecular complexity index is 306. The van der Waals surface area contributed by atoms with Gasteiger partial charge in [-0.05, 0) is 32.7 Å². The van der Waals surface area contributed by atoms with Crippen LogP contribution in [0.2, 0.25) is 0 Å². The van der Waals surface area contributed by atoms with Gasteiger partial charge in [0.25, 0.3) is 0 Å². The van der Waals surface area contributed by atoms with E-state index in [0.717, 1.165) is 13.0 Å². The van der Waals surface area contributed by atoms with Gasteiger partial charge in [-0.2, -0.15) is 0 Å². The molecule has 0 aromatic heterocycles. The minimum absolute atomic E-state index is 0.147. The Balaban J connectivity index is 1.89. The second-order valence-corrected chi connectivity index (χ2v) is 7.12. The molecule has 0 aromatic rings. The second kappa shape index (κ2) is 8.77. The van der Waals surface area contributed by atoms with Crippen molar-refractivity contribution in [3.05, 3.63) is 0 Å². The van der Waals surface area contributed by atoms with Crippen LogP contribution >= 0.6 is 0 Å². The lowest BCUT2D eigenvalue weighted by Gasteiger charge is -2.33. The number of nitrogens with zero attached hydrogens (tertiary/aromatic N) is 1. The maximum atomic E-state index is 11.3. The lowest BCUT2D eigenvalue weighted by atomic mass is 9.95. The number of likely N-dealkylation sites (tertiary alicyclic amines) is 1. The molecule has 0 aromatic carbocycles. The van der Waals surface area contributed by atoms with Gasteiger partial charge in [0.05, 0.1) is 5.92 Å². The molecule has 2 unspecified atom stereocenters. The third kappa shape index (κ3) is 4.98. The molecule has 2 aliphatic rings. The number of carbonyl (C=O) groups is 1. The number of carboxylic acids is 1. The minimum Gasteiger partial charge on any atom is -0.481 e. The van der Waals surface area contributed by atoms with Gasteiger partial charge in [-0.3, -0.25) is 9.69 Å². The molecule has 1 aliphatic heterocycles. The van der Waals surface area contributed by atoms with Gasteiger partial charge in [0.1, 0.15) is 0 Å². The van der Waals surface area contributed by atoms with Gasteiger partial charge in [-0.15, -0.1) is 0 Å². The Kier molecular flexibility index (Phi) is 7.01. The van der Waals surface area contributed by atoms with E-state index in [-0.39, 0.29) is 12.0 Å². The number of aliphatic carboxylic acids is 1. The molecule has 21 heavy (non-hydrogen) atoms. The largest absolute Gasteiger partial charge is 0.481 e. The zero-order valence-corrected chi connectivity index (χ0v) is 13.7. The molecule has 2 fully saturated rings. The Labute approximate surface area is 130 Å². The Morgan fingerprint density at radius 2 is 1.33 bits per heavy atom. The fourth-order valence-electron chi connectivity index (χ4n) is 4.28. The van der Waals surface area contributed by atoms with Crippen LogP contribution in [0.15, 0.2) is 0 Å². The number of hydrogen-bond donors (Lipinski definition) is 1. The van der Waals surface area contributed by atoms with Crippen molar-refractivity contribution in [3.8, 4) is 0 Å². The van der Waals surface area contributed by atoms with Gasteiger partial charge in [-0.1, -0.05) is 57.8 Å². The molecule has 3 nitrogen and oxygen atoms in total. The van der Waals surface area contributed by atoms with Crippen molar-refractivity contribution in [3.63, 3.8) is 0 Å². The molecule has 1 heterocycles. The molecule has 0 bridgehead atoms. The van der Waals surface area contributed by atoms with Crippen LogP contribution in [-0.4, -0.2) is 34.6 Å². The van der Waals surface area contributed by atoms with Gasteiger partial charge in [-0.25, -0.2) is 0 Å². The van der Waals surface area contributed by atoms with Crippen molar-refractivity contribution in [2.75, 3.05) is 6.54 Å². The Hall–Kier alpha value is -0.570. The lowest BCUT2D eigenvalue weighted by molar-refractivity contribution is -0.142. The van der Waals surface area contributed by atoms with Crippen molar-refractivity contribution < 1.29 is 9.90 Å². The van der Waals surface area contributed by atoms with Gasteiger partial charge in [0.15, 0.2) is 0 Å². The third-order valence-electron chi connectivity index (χ3n) is 5.66. The molecular weight excluding hydrogens is 262 g/mol. The van der Waals surface area contributed by atoms with Crippen LogP contribution in [0, 0.1) is 5.92 Å². The normalized spacial score (nSPS) is 31.5. The zero-order valence-electron chi connectivity index (χ0n) is 13.7. The molecule has 1 saturated heterocycles. The number of carboxylic acid groups (broad SMARTS) is 1. The van der Waals surface area contributed by atoms with Gasteiger partial charge in [0.2, 0.25) is 0 Å². The highest BCUT2D eigenvalue weighted by Crippen LogP contribution is 2.30. The van der Waals surface area contributed by atoms with Crippen molar-refractivity contribution in [1.29, 1.82) is 0 Å². The van der Waals surface area contributed by atoms with Crippen molar-refractivity contribution in [2.24, 2.45) is 5.92 Å².